The molecule has 2 aliphatic rings. The molecule has 4 heteroatoms. The fourth-order valence-corrected chi connectivity index (χ4v) is 2.94. The van der Waals surface area contributed by atoms with Crippen LogP contribution in [0.5, 0.6) is 0 Å². The fourth-order valence-electron chi connectivity index (χ4n) is 2.94. The highest BCUT2D eigenvalue weighted by atomic mass is 16.5. The summed E-state index contributed by atoms with van der Waals surface area (Å²) in [6, 6.07) is 0. The van der Waals surface area contributed by atoms with Gasteiger partial charge in [0.15, 0.2) is 0 Å². The lowest BCUT2D eigenvalue weighted by atomic mass is 9.79. The van der Waals surface area contributed by atoms with Crippen molar-refractivity contribution in [2.75, 3.05) is 59.5 Å². The monoisotopic (exact) mass is 213 g/mol. The second-order valence-electron chi connectivity index (χ2n) is 5.02. The summed E-state index contributed by atoms with van der Waals surface area (Å²) >= 11 is 0. The summed E-state index contributed by atoms with van der Waals surface area (Å²) in [4.78, 5) is 5.00. The van der Waals surface area contributed by atoms with Gasteiger partial charge in [-0.05, 0) is 13.0 Å². The van der Waals surface area contributed by atoms with Crippen molar-refractivity contribution in [1.82, 2.24) is 9.80 Å². The van der Waals surface area contributed by atoms with Crippen LogP contribution in [-0.2, 0) is 4.74 Å². The molecule has 0 aromatic carbocycles. The molecule has 0 aromatic rings. The maximum Gasteiger partial charge on any atom is 0.0589 e. The highest BCUT2D eigenvalue weighted by molar-refractivity contribution is 5.01. The van der Waals surface area contributed by atoms with E-state index in [4.69, 9.17) is 10.5 Å². The van der Waals surface area contributed by atoms with E-state index in [1.807, 2.05) is 0 Å². The van der Waals surface area contributed by atoms with Crippen LogP contribution in [0.25, 0.3) is 0 Å². The van der Waals surface area contributed by atoms with Crippen molar-refractivity contribution in [2.24, 2.45) is 11.1 Å². The number of rotatable bonds is 5. The van der Waals surface area contributed by atoms with Crippen molar-refractivity contribution < 1.29 is 4.74 Å². The Morgan fingerprint density at radius 2 is 1.93 bits per heavy atom. The lowest BCUT2D eigenvalue weighted by Gasteiger charge is -2.48. The lowest BCUT2D eigenvalue weighted by molar-refractivity contribution is -0.00641. The number of hydrogen-bond donors (Lipinski definition) is 1. The van der Waals surface area contributed by atoms with Crippen LogP contribution in [0.4, 0.5) is 0 Å². The van der Waals surface area contributed by atoms with Gasteiger partial charge in [0, 0.05) is 51.8 Å². The predicted octanol–water partition coefficient (Wildman–Crippen LogP) is -0.401. The van der Waals surface area contributed by atoms with Gasteiger partial charge < -0.3 is 15.4 Å². The molecule has 0 unspecified atom stereocenters. The number of hydrogen-bond acceptors (Lipinski definition) is 4. The third-order valence-electron chi connectivity index (χ3n) is 3.69. The Morgan fingerprint density at radius 1 is 1.20 bits per heavy atom. The summed E-state index contributed by atoms with van der Waals surface area (Å²) in [5, 5.41) is 0. The Labute approximate surface area is 92.4 Å². The number of nitrogens with zero attached hydrogens (tertiary/aromatic N) is 2. The normalized spacial score (nSPS) is 26.0. The number of methoxy groups -OCH3 is 1. The zero-order chi connectivity index (χ0) is 10.7. The summed E-state index contributed by atoms with van der Waals surface area (Å²) in [5.74, 6) is 0. The topological polar surface area (TPSA) is 41.7 Å². The van der Waals surface area contributed by atoms with Gasteiger partial charge in [-0.2, -0.15) is 0 Å². The molecule has 0 saturated carbocycles. The fraction of sp³-hybridized carbons (Fsp3) is 1.00. The maximum absolute atomic E-state index is 5.58. The van der Waals surface area contributed by atoms with E-state index < -0.39 is 0 Å². The molecule has 2 rings (SSSR count). The zero-order valence-corrected chi connectivity index (χ0v) is 9.74. The number of ether oxygens (including phenoxy) is 1. The summed E-state index contributed by atoms with van der Waals surface area (Å²) in [6.45, 7) is 8.85. The molecule has 0 radical (unpaired) electrons. The average molecular weight is 213 g/mol. The predicted molar refractivity (Wildman–Crippen MR) is 60.9 cm³/mol. The molecule has 2 aliphatic heterocycles. The average Bonchev–Trinajstić information content (AvgIpc) is 2.58. The molecule has 2 N–H and O–H groups in total. The molecular weight excluding hydrogens is 190 g/mol. The van der Waals surface area contributed by atoms with Gasteiger partial charge in [-0.25, -0.2) is 0 Å². The Morgan fingerprint density at radius 3 is 2.60 bits per heavy atom. The Bertz CT molecular complexity index is 204. The molecule has 0 aromatic heterocycles. The first kappa shape index (κ1) is 11.3. The molecule has 0 atom stereocenters. The zero-order valence-electron chi connectivity index (χ0n) is 9.74. The molecule has 4 nitrogen and oxygen atoms in total. The molecule has 1 spiro atoms. The van der Waals surface area contributed by atoms with Gasteiger partial charge in [0.2, 0.25) is 0 Å². The smallest absolute Gasteiger partial charge is 0.0589 e. The van der Waals surface area contributed by atoms with Crippen molar-refractivity contribution in [3.05, 3.63) is 0 Å². The van der Waals surface area contributed by atoms with E-state index in [1.54, 1.807) is 7.11 Å². The van der Waals surface area contributed by atoms with E-state index in [-0.39, 0.29) is 0 Å². The van der Waals surface area contributed by atoms with Gasteiger partial charge in [0.05, 0.1) is 6.61 Å². The van der Waals surface area contributed by atoms with E-state index in [1.165, 1.54) is 32.6 Å². The molecule has 0 bridgehead atoms. The van der Waals surface area contributed by atoms with Crippen molar-refractivity contribution >= 4 is 0 Å². The van der Waals surface area contributed by atoms with Crippen LogP contribution in [0, 0.1) is 5.41 Å². The molecule has 0 aliphatic carbocycles. The Hall–Kier alpha value is -0.160. The first-order valence-corrected chi connectivity index (χ1v) is 5.92. The Balaban J connectivity index is 1.69. The SMILES string of the molecule is COCCN1CC2(CCN(CCN)C2)C1. The third-order valence-corrected chi connectivity index (χ3v) is 3.69. The van der Waals surface area contributed by atoms with Crippen LogP contribution in [0.3, 0.4) is 0 Å². The number of likely N-dealkylation sites (tertiary alicyclic amines) is 2. The van der Waals surface area contributed by atoms with Crippen LogP contribution in [-0.4, -0.2) is 69.3 Å². The first-order valence-electron chi connectivity index (χ1n) is 5.92. The Kier molecular flexibility index (Phi) is 3.61. The summed E-state index contributed by atoms with van der Waals surface area (Å²) < 4.78 is 5.09. The van der Waals surface area contributed by atoms with E-state index in [2.05, 4.69) is 9.80 Å². The van der Waals surface area contributed by atoms with Gasteiger partial charge in [-0.1, -0.05) is 0 Å². The minimum atomic E-state index is 0.600. The summed E-state index contributed by atoms with van der Waals surface area (Å²) in [5.41, 5.74) is 6.18. The van der Waals surface area contributed by atoms with Crippen LogP contribution >= 0.6 is 0 Å². The lowest BCUT2D eigenvalue weighted by Crippen LogP contribution is -2.58. The van der Waals surface area contributed by atoms with E-state index >= 15 is 0 Å². The minimum Gasteiger partial charge on any atom is -0.383 e. The van der Waals surface area contributed by atoms with Gasteiger partial charge in [0.1, 0.15) is 0 Å². The van der Waals surface area contributed by atoms with Crippen molar-refractivity contribution in [3.8, 4) is 0 Å². The van der Waals surface area contributed by atoms with Crippen LogP contribution < -0.4 is 5.73 Å². The summed E-state index contributed by atoms with van der Waals surface area (Å²) in [7, 11) is 1.77. The summed E-state index contributed by atoms with van der Waals surface area (Å²) in [6.07, 6.45) is 1.36. The molecule has 88 valence electrons. The quantitative estimate of drug-likeness (QED) is 0.675. The first-order chi connectivity index (χ1) is 7.28. The number of nitrogens with two attached hydrogens (primary N) is 1. The molecule has 15 heavy (non-hydrogen) atoms. The standard InChI is InChI=1S/C11H23N3O/c1-15-7-6-14-9-11(10-14)2-4-13(8-11)5-3-12/h2-10,12H2,1H3. The molecule has 2 heterocycles. The van der Waals surface area contributed by atoms with Crippen LogP contribution in [0.1, 0.15) is 6.42 Å². The second-order valence-corrected chi connectivity index (χ2v) is 5.02. The molecule has 2 saturated heterocycles. The minimum absolute atomic E-state index is 0.600. The second kappa shape index (κ2) is 4.78. The van der Waals surface area contributed by atoms with Crippen molar-refractivity contribution in [3.63, 3.8) is 0 Å². The molecule has 0 amide bonds. The van der Waals surface area contributed by atoms with Crippen molar-refractivity contribution in [2.45, 2.75) is 6.42 Å². The van der Waals surface area contributed by atoms with Crippen LogP contribution in [0.2, 0.25) is 0 Å². The third kappa shape index (κ3) is 2.50. The van der Waals surface area contributed by atoms with Gasteiger partial charge in [-0.3, -0.25) is 4.90 Å². The van der Waals surface area contributed by atoms with E-state index in [0.717, 1.165) is 26.2 Å². The van der Waals surface area contributed by atoms with E-state index in [9.17, 15) is 0 Å². The highest BCUT2D eigenvalue weighted by Gasteiger charge is 2.46. The molecular formula is C11H23N3O. The molecule has 2 fully saturated rings. The largest absolute Gasteiger partial charge is 0.383 e. The van der Waals surface area contributed by atoms with Gasteiger partial charge in [0.25, 0.3) is 0 Å². The maximum atomic E-state index is 5.58. The van der Waals surface area contributed by atoms with Crippen LogP contribution in [0.15, 0.2) is 0 Å². The van der Waals surface area contributed by atoms with Gasteiger partial charge >= 0.3 is 0 Å². The van der Waals surface area contributed by atoms with Gasteiger partial charge in [-0.15, -0.1) is 0 Å². The highest BCUT2D eigenvalue weighted by Crippen LogP contribution is 2.38. The van der Waals surface area contributed by atoms with E-state index in [0.29, 0.717) is 5.41 Å². The van der Waals surface area contributed by atoms with Crippen molar-refractivity contribution in [1.29, 1.82) is 0 Å².